The van der Waals surface area contributed by atoms with Gasteiger partial charge >= 0.3 is 0 Å². The van der Waals surface area contributed by atoms with Crippen LogP contribution in [-0.4, -0.2) is 36.0 Å². The topological polar surface area (TPSA) is 64.1 Å². The van der Waals surface area contributed by atoms with Gasteiger partial charge in [-0.1, -0.05) is 6.92 Å². The van der Waals surface area contributed by atoms with Gasteiger partial charge in [0.05, 0.1) is 7.11 Å². The molecule has 1 aromatic heterocycles. The molecule has 2 rings (SSSR count). The van der Waals surface area contributed by atoms with Crippen molar-refractivity contribution in [1.29, 1.82) is 0 Å². The Morgan fingerprint density at radius 2 is 2.06 bits per heavy atom. The van der Waals surface area contributed by atoms with Gasteiger partial charge in [-0.05, 0) is 32.4 Å². The molecule has 0 unspecified atom stereocenters. The van der Waals surface area contributed by atoms with E-state index >= 15 is 0 Å². The van der Waals surface area contributed by atoms with Gasteiger partial charge in [-0.2, -0.15) is 0 Å². The molecule has 1 N–H and O–H groups in total. The highest BCUT2D eigenvalue weighted by Gasteiger charge is 2.40. The van der Waals surface area contributed by atoms with E-state index in [2.05, 4.69) is 22.2 Å². The van der Waals surface area contributed by atoms with Crippen LogP contribution in [0.3, 0.4) is 0 Å². The van der Waals surface area contributed by atoms with Crippen molar-refractivity contribution >= 4 is 5.78 Å². The van der Waals surface area contributed by atoms with Crippen LogP contribution in [0.4, 0.5) is 0 Å². The Labute approximate surface area is 107 Å². The molecule has 1 saturated heterocycles. The summed E-state index contributed by atoms with van der Waals surface area (Å²) in [6.45, 7) is 3.82. The third-order valence-electron chi connectivity index (χ3n) is 3.79. The van der Waals surface area contributed by atoms with Gasteiger partial charge in [0.15, 0.2) is 11.5 Å². The molecule has 0 aliphatic carbocycles. The number of nitrogens with one attached hydrogen (secondary N) is 1. The van der Waals surface area contributed by atoms with Crippen molar-refractivity contribution < 1.29 is 9.53 Å². The van der Waals surface area contributed by atoms with Crippen LogP contribution in [-0.2, 0) is 0 Å². The van der Waals surface area contributed by atoms with Crippen molar-refractivity contribution in [3.63, 3.8) is 0 Å². The summed E-state index contributed by atoms with van der Waals surface area (Å²) in [7, 11) is 1.52. The van der Waals surface area contributed by atoms with Crippen molar-refractivity contribution in [2.24, 2.45) is 5.41 Å². The average Bonchev–Trinajstić information content (AvgIpc) is 2.47. The normalized spacial score (nSPS) is 18.3. The van der Waals surface area contributed by atoms with Crippen LogP contribution in [0.1, 0.15) is 36.7 Å². The number of Topliss-reactive ketones (excluding diaryl/α,β-unsaturated/α-hetero) is 1. The maximum Gasteiger partial charge on any atom is 0.243 e. The molecule has 1 aliphatic rings. The first kappa shape index (κ1) is 13.0. The Hall–Kier alpha value is -1.49. The van der Waals surface area contributed by atoms with E-state index < -0.39 is 0 Å². The smallest absolute Gasteiger partial charge is 0.243 e. The third kappa shape index (κ3) is 2.22. The van der Waals surface area contributed by atoms with E-state index in [9.17, 15) is 4.79 Å². The highest BCUT2D eigenvalue weighted by atomic mass is 16.5. The van der Waals surface area contributed by atoms with E-state index in [-0.39, 0.29) is 11.2 Å². The molecule has 18 heavy (non-hydrogen) atoms. The van der Waals surface area contributed by atoms with Gasteiger partial charge in [0, 0.05) is 17.8 Å². The summed E-state index contributed by atoms with van der Waals surface area (Å²) in [5.41, 5.74) is 0.0536. The lowest BCUT2D eigenvalue weighted by molar-refractivity contribution is 0.0707. The lowest BCUT2D eigenvalue weighted by atomic mass is 9.72. The molecule has 0 saturated carbocycles. The number of aromatic nitrogens is 2. The molecule has 98 valence electrons. The molecule has 0 aromatic carbocycles. The maximum atomic E-state index is 12.7. The molecule has 0 radical (unpaired) electrons. The number of ether oxygens (including phenoxy) is 1. The standard InChI is InChI=1S/C13H19N3O2/c1-3-13(4-6-14-7-5-13)11(17)10-12(18-2)16-9-8-15-10/h8-9,14H,3-7H2,1-2H3. The molecule has 1 fully saturated rings. The first-order valence-corrected chi connectivity index (χ1v) is 6.34. The second-order valence-corrected chi connectivity index (χ2v) is 4.63. The lowest BCUT2D eigenvalue weighted by Gasteiger charge is -2.35. The van der Waals surface area contributed by atoms with Gasteiger partial charge in [0.1, 0.15) is 0 Å². The first-order valence-electron chi connectivity index (χ1n) is 6.34. The van der Waals surface area contributed by atoms with Crippen LogP contribution in [0.25, 0.3) is 0 Å². The lowest BCUT2D eigenvalue weighted by Crippen LogP contribution is -2.42. The van der Waals surface area contributed by atoms with Crippen LogP contribution < -0.4 is 10.1 Å². The van der Waals surface area contributed by atoms with E-state index in [1.54, 1.807) is 6.20 Å². The number of piperidine rings is 1. The Morgan fingerprint density at radius 3 is 2.67 bits per heavy atom. The van der Waals surface area contributed by atoms with Gasteiger partial charge in [-0.3, -0.25) is 4.79 Å². The number of ketones is 1. The number of hydrogen-bond acceptors (Lipinski definition) is 5. The summed E-state index contributed by atoms with van der Waals surface area (Å²) in [5.74, 6) is 0.394. The van der Waals surface area contributed by atoms with Crippen molar-refractivity contribution in [2.45, 2.75) is 26.2 Å². The summed E-state index contributed by atoms with van der Waals surface area (Å²) in [6.07, 6.45) is 5.61. The number of hydrogen-bond donors (Lipinski definition) is 1. The second-order valence-electron chi connectivity index (χ2n) is 4.63. The molecular formula is C13H19N3O2. The van der Waals surface area contributed by atoms with Crippen LogP contribution in [0.15, 0.2) is 12.4 Å². The van der Waals surface area contributed by atoms with Crippen LogP contribution in [0.5, 0.6) is 5.88 Å². The largest absolute Gasteiger partial charge is 0.479 e. The van der Waals surface area contributed by atoms with E-state index in [1.807, 2.05) is 0 Å². The first-order chi connectivity index (χ1) is 8.73. The molecule has 5 nitrogen and oxygen atoms in total. The third-order valence-corrected chi connectivity index (χ3v) is 3.79. The number of methoxy groups -OCH3 is 1. The molecule has 2 heterocycles. The Balaban J connectivity index is 2.33. The summed E-state index contributed by atoms with van der Waals surface area (Å²) >= 11 is 0. The van der Waals surface area contributed by atoms with Crippen molar-refractivity contribution in [1.82, 2.24) is 15.3 Å². The maximum absolute atomic E-state index is 12.7. The minimum absolute atomic E-state index is 0.0662. The minimum Gasteiger partial charge on any atom is -0.479 e. The minimum atomic E-state index is -0.311. The van der Waals surface area contributed by atoms with Crippen molar-refractivity contribution in [3.8, 4) is 5.88 Å². The van der Waals surface area contributed by atoms with Gasteiger partial charge in [-0.25, -0.2) is 9.97 Å². The quantitative estimate of drug-likeness (QED) is 0.818. The molecule has 1 aliphatic heterocycles. The SMILES string of the molecule is CCC1(C(=O)c2nccnc2OC)CCNCC1. The highest BCUT2D eigenvalue weighted by Crippen LogP contribution is 2.37. The molecule has 0 spiro atoms. The van der Waals surface area contributed by atoms with Gasteiger partial charge in [0.2, 0.25) is 5.88 Å². The van der Waals surface area contributed by atoms with Gasteiger partial charge < -0.3 is 10.1 Å². The Morgan fingerprint density at radius 1 is 1.39 bits per heavy atom. The fourth-order valence-electron chi connectivity index (χ4n) is 2.53. The highest BCUT2D eigenvalue weighted by molar-refractivity contribution is 6.00. The fourth-order valence-corrected chi connectivity index (χ4v) is 2.53. The molecular weight excluding hydrogens is 230 g/mol. The number of carbonyl (C=O) groups is 1. The fraction of sp³-hybridized carbons (Fsp3) is 0.615. The van der Waals surface area contributed by atoms with Crippen molar-refractivity contribution in [2.75, 3.05) is 20.2 Å². The Bertz CT molecular complexity index is 428. The summed E-state index contributed by atoms with van der Waals surface area (Å²) in [6, 6.07) is 0. The summed E-state index contributed by atoms with van der Waals surface area (Å²) in [4.78, 5) is 20.9. The van der Waals surface area contributed by atoms with Gasteiger partial charge in [-0.15, -0.1) is 0 Å². The zero-order chi connectivity index (χ0) is 13.0. The van der Waals surface area contributed by atoms with Crippen LogP contribution in [0, 0.1) is 5.41 Å². The van der Waals surface area contributed by atoms with Crippen molar-refractivity contribution in [3.05, 3.63) is 18.1 Å². The number of carbonyl (C=O) groups excluding carboxylic acids is 1. The number of nitrogens with zero attached hydrogens (tertiary/aromatic N) is 2. The monoisotopic (exact) mass is 249 g/mol. The zero-order valence-corrected chi connectivity index (χ0v) is 10.9. The van der Waals surface area contributed by atoms with E-state index in [0.29, 0.717) is 11.6 Å². The van der Waals surface area contributed by atoms with Gasteiger partial charge in [0.25, 0.3) is 0 Å². The van der Waals surface area contributed by atoms with Crippen LogP contribution >= 0.6 is 0 Å². The summed E-state index contributed by atoms with van der Waals surface area (Å²) in [5, 5.41) is 3.29. The van der Waals surface area contributed by atoms with Crippen LogP contribution in [0.2, 0.25) is 0 Å². The molecule has 0 amide bonds. The van der Waals surface area contributed by atoms with E-state index in [0.717, 1.165) is 32.4 Å². The average molecular weight is 249 g/mol. The number of rotatable bonds is 4. The molecule has 1 aromatic rings. The second kappa shape index (κ2) is 5.44. The zero-order valence-electron chi connectivity index (χ0n) is 10.9. The predicted octanol–water partition coefficient (Wildman–Crippen LogP) is 1.45. The summed E-state index contributed by atoms with van der Waals surface area (Å²) < 4.78 is 5.14. The van der Waals surface area contributed by atoms with E-state index in [4.69, 9.17) is 4.74 Å². The molecule has 0 bridgehead atoms. The van der Waals surface area contributed by atoms with E-state index in [1.165, 1.54) is 13.3 Å². The molecule has 0 atom stereocenters. The Kier molecular flexibility index (Phi) is 3.91. The predicted molar refractivity (Wildman–Crippen MR) is 67.7 cm³/mol. The molecule has 5 heteroatoms.